The average Bonchev–Trinajstić information content (AvgIpc) is 2.26. The van der Waals surface area contributed by atoms with Crippen molar-refractivity contribution < 1.29 is 8.78 Å². The van der Waals surface area contributed by atoms with Gasteiger partial charge < -0.3 is 0 Å². The second-order valence-corrected chi connectivity index (χ2v) is 2.88. The van der Waals surface area contributed by atoms with Gasteiger partial charge in [0.25, 0.3) is 0 Å². The second-order valence-electron chi connectivity index (χ2n) is 2.88. The van der Waals surface area contributed by atoms with Gasteiger partial charge in [0.1, 0.15) is 6.07 Å². The molecule has 0 fully saturated rings. The Morgan fingerprint density at radius 2 is 1.35 bits per heavy atom. The fourth-order valence-electron chi connectivity index (χ4n) is 1.29. The molecule has 3 aliphatic heterocycles. The van der Waals surface area contributed by atoms with E-state index in [9.17, 15) is 8.78 Å². The quantitative estimate of drug-likeness (QED) is 0.549. The smallest absolute Gasteiger partial charge is 0.212 e. The summed E-state index contributed by atoms with van der Waals surface area (Å²) in [6.45, 7) is 0. The number of nitrogens with zero attached hydrogens (tertiary/aromatic N) is 8. The van der Waals surface area contributed by atoms with Crippen LogP contribution >= 0.6 is 0 Å². The Labute approximate surface area is 91.8 Å². The predicted molar refractivity (Wildman–Crippen MR) is 54.3 cm³/mol. The first-order chi connectivity index (χ1) is 8.17. The molecule has 0 saturated carbocycles. The molecule has 10 heteroatoms. The van der Waals surface area contributed by atoms with E-state index in [0.29, 0.717) is 0 Å². The van der Waals surface area contributed by atoms with Gasteiger partial charge in [-0.3, -0.25) is 0 Å². The summed E-state index contributed by atoms with van der Waals surface area (Å²) in [5, 5.41) is 8.65. The maximum Gasteiger partial charge on any atom is 0.315 e. The second kappa shape index (κ2) is 3.08. The van der Waals surface area contributed by atoms with Gasteiger partial charge in [-0.25, -0.2) is 4.90 Å². The summed E-state index contributed by atoms with van der Waals surface area (Å²) in [4.78, 5) is 21.5. The van der Waals surface area contributed by atoms with E-state index < -0.39 is 12.2 Å². The van der Waals surface area contributed by atoms with Crippen molar-refractivity contribution >= 4 is 35.9 Å². The minimum absolute atomic E-state index is 0.214. The molecular weight excluding hydrogens is 234 g/mol. The molecule has 0 radical (unpaired) electrons. The minimum atomic E-state index is -1.13. The number of hydrogen-bond acceptors (Lipinski definition) is 8. The fraction of sp³-hybridized carbons (Fsp3) is 0. The molecule has 0 bridgehead atoms. The molecule has 0 N–H and O–H groups in total. The predicted octanol–water partition coefficient (Wildman–Crippen LogP) is -0.0297. The zero-order valence-electron chi connectivity index (χ0n) is 7.83. The molecule has 82 valence electrons. The van der Waals surface area contributed by atoms with E-state index in [2.05, 4.69) is 30.0 Å². The third kappa shape index (κ3) is 1.33. The molecule has 3 heterocycles. The topological polar surface area (TPSA) is 101 Å². The fourth-order valence-corrected chi connectivity index (χ4v) is 1.29. The van der Waals surface area contributed by atoms with Crippen LogP contribution in [0.1, 0.15) is 0 Å². The molecule has 0 unspecified atom stereocenters. The van der Waals surface area contributed by atoms with Crippen molar-refractivity contribution in [3.05, 3.63) is 0 Å². The molecule has 0 saturated heterocycles. The molecule has 0 aromatic heterocycles. The highest BCUT2D eigenvalue weighted by Gasteiger charge is 2.35. The van der Waals surface area contributed by atoms with Crippen LogP contribution in [0, 0.1) is 11.3 Å². The number of amidine groups is 3. The van der Waals surface area contributed by atoms with Gasteiger partial charge in [0, 0.05) is 0 Å². The molecule has 17 heavy (non-hydrogen) atoms. The van der Waals surface area contributed by atoms with E-state index in [4.69, 9.17) is 5.26 Å². The zero-order chi connectivity index (χ0) is 12.0. The molecule has 3 rings (SSSR count). The van der Waals surface area contributed by atoms with Crippen LogP contribution in [0.3, 0.4) is 0 Å². The van der Waals surface area contributed by atoms with Crippen LogP contribution in [0.5, 0.6) is 0 Å². The van der Waals surface area contributed by atoms with Gasteiger partial charge in [-0.15, -0.1) is 0 Å². The standard InChI is InChI=1S/C7F2N8/c8-3-13-5-11-2(1-10)12-6-14-4(9)16-7(15-3)17(5)6. The van der Waals surface area contributed by atoms with Gasteiger partial charge in [0.05, 0.1) is 0 Å². The third-order valence-electron chi connectivity index (χ3n) is 1.88. The van der Waals surface area contributed by atoms with Crippen molar-refractivity contribution in [2.24, 2.45) is 30.0 Å². The van der Waals surface area contributed by atoms with E-state index in [1.54, 1.807) is 6.07 Å². The van der Waals surface area contributed by atoms with E-state index in [1.165, 1.54) is 0 Å². The van der Waals surface area contributed by atoms with E-state index in [1.807, 2.05) is 0 Å². The van der Waals surface area contributed by atoms with Crippen LogP contribution in [0.2, 0.25) is 0 Å². The summed E-state index contributed by atoms with van der Waals surface area (Å²) in [6, 6.07) is 1.63. The number of rotatable bonds is 0. The monoisotopic (exact) mass is 234 g/mol. The Bertz CT molecular complexity index is 641. The van der Waals surface area contributed by atoms with E-state index in [-0.39, 0.29) is 23.7 Å². The highest BCUT2D eigenvalue weighted by atomic mass is 19.1. The van der Waals surface area contributed by atoms with Gasteiger partial charge in [-0.05, 0) is 0 Å². The van der Waals surface area contributed by atoms with Crippen molar-refractivity contribution in [1.29, 1.82) is 5.26 Å². The molecule has 0 aromatic rings. The summed E-state index contributed by atoms with van der Waals surface area (Å²) in [5.74, 6) is -1.05. The van der Waals surface area contributed by atoms with Crippen LogP contribution in [0.15, 0.2) is 30.0 Å². The lowest BCUT2D eigenvalue weighted by atomic mass is 10.5. The number of halogens is 2. The summed E-state index contributed by atoms with van der Waals surface area (Å²) in [5.41, 5.74) is 0. The number of guanidine groups is 3. The third-order valence-corrected chi connectivity index (χ3v) is 1.88. The molecular formula is C7F2N8. The van der Waals surface area contributed by atoms with Gasteiger partial charge in [-0.2, -0.15) is 44.0 Å². The molecule has 0 amide bonds. The highest BCUT2D eigenvalue weighted by Crippen LogP contribution is 2.17. The van der Waals surface area contributed by atoms with Crippen molar-refractivity contribution in [1.82, 2.24) is 4.90 Å². The maximum atomic E-state index is 13.0. The minimum Gasteiger partial charge on any atom is -0.212 e. The SMILES string of the molecule is N#CC1=NC2=NC(F)=NC3=NC(F)=NC(=N1)N32. The Kier molecular flexibility index (Phi) is 1.70. The summed E-state index contributed by atoms with van der Waals surface area (Å²) >= 11 is 0. The van der Waals surface area contributed by atoms with Crippen LogP contribution in [-0.2, 0) is 0 Å². The lowest BCUT2D eigenvalue weighted by Crippen LogP contribution is -2.47. The number of aliphatic imine (C=N–C) groups is 6. The van der Waals surface area contributed by atoms with Crippen LogP contribution in [-0.4, -0.2) is 40.8 Å². The van der Waals surface area contributed by atoms with Gasteiger partial charge in [-0.1, -0.05) is 0 Å². The van der Waals surface area contributed by atoms with Crippen molar-refractivity contribution in [2.75, 3.05) is 0 Å². The molecule has 0 aromatic carbocycles. The number of hydrogen-bond donors (Lipinski definition) is 0. The van der Waals surface area contributed by atoms with E-state index >= 15 is 0 Å². The molecule has 0 aliphatic carbocycles. The van der Waals surface area contributed by atoms with Crippen molar-refractivity contribution in [3.8, 4) is 6.07 Å². The lowest BCUT2D eigenvalue weighted by molar-refractivity contribution is 0.731. The summed E-state index contributed by atoms with van der Waals surface area (Å²) in [7, 11) is 0. The Hall–Kier alpha value is -2.83. The first kappa shape index (κ1) is 9.40. The van der Waals surface area contributed by atoms with Gasteiger partial charge >= 0.3 is 12.2 Å². The van der Waals surface area contributed by atoms with Gasteiger partial charge in [0.2, 0.25) is 23.7 Å². The van der Waals surface area contributed by atoms with Gasteiger partial charge in [0.15, 0.2) is 0 Å². The Morgan fingerprint density at radius 3 is 1.94 bits per heavy atom. The van der Waals surface area contributed by atoms with Crippen LogP contribution < -0.4 is 0 Å². The van der Waals surface area contributed by atoms with E-state index in [0.717, 1.165) is 4.90 Å². The number of nitriles is 1. The largest absolute Gasteiger partial charge is 0.315 e. The van der Waals surface area contributed by atoms with Crippen LogP contribution in [0.25, 0.3) is 0 Å². The highest BCUT2D eigenvalue weighted by molar-refractivity contribution is 6.30. The summed E-state index contributed by atoms with van der Waals surface area (Å²) < 4.78 is 26.0. The average molecular weight is 234 g/mol. The molecule has 8 nitrogen and oxygen atoms in total. The van der Waals surface area contributed by atoms with Crippen molar-refractivity contribution in [2.45, 2.75) is 0 Å². The molecule has 0 spiro atoms. The Morgan fingerprint density at radius 1 is 0.824 bits per heavy atom. The lowest BCUT2D eigenvalue weighted by Gasteiger charge is -2.26. The maximum absolute atomic E-state index is 13.0. The Balaban J connectivity index is 2.24. The first-order valence-electron chi connectivity index (χ1n) is 4.21. The molecule has 0 atom stereocenters. The normalized spacial score (nSPS) is 21.1. The summed E-state index contributed by atoms with van der Waals surface area (Å²) in [6.07, 6.45) is -2.26. The van der Waals surface area contributed by atoms with Crippen molar-refractivity contribution in [3.63, 3.8) is 0 Å². The first-order valence-corrected chi connectivity index (χ1v) is 4.21. The van der Waals surface area contributed by atoms with Crippen LogP contribution in [0.4, 0.5) is 8.78 Å². The zero-order valence-corrected chi connectivity index (χ0v) is 7.83. The molecule has 3 aliphatic rings.